The van der Waals surface area contributed by atoms with Crippen LogP contribution in [0.2, 0.25) is 0 Å². The average Bonchev–Trinajstić information content (AvgIpc) is 3.56. The Balaban J connectivity index is 1.24. The molecule has 0 unspecified atom stereocenters. The number of aryl methyl sites for hydroxylation is 1. The highest BCUT2D eigenvalue weighted by molar-refractivity contribution is 5.98. The van der Waals surface area contributed by atoms with Crippen molar-refractivity contribution in [1.82, 2.24) is 23.9 Å². The molecule has 7 rings (SSSR count). The summed E-state index contributed by atoms with van der Waals surface area (Å²) in [5, 5.41) is 4.85. The summed E-state index contributed by atoms with van der Waals surface area (Å²) in [7, 11) is 0. The Morgan fingerprint density at radius 3 is 2.76 bits per heavy atom. The highest BCUT2D eigenvalue weighted by Crippen LogP contribution is 2.35. The van der Waals surface area contributed by atoms with E-state index < -0.39 is 0 Å². The van der Waals surface area contributed by atoms with Crippen LogP contribution in [0.25, 0.3) is 27.6 Å². The second-order valence-corrected chi connectivity index (χ2v) is 12.1. The van der Waals surface area contributed by atoms with E-state index in [-0.39, 0.29) is 23.6 Å². The highest BCUT2D eigenvalue weighted by atomic mass is 16.5. The summed E-state index contributed by atoms with van der Waals surface area (Å²) in [6.45, 7) is 5.78. The molecule has 2 aromatic carbocycles. The SMILES string of the molecule is C/C=C\Cn1c(=O)c2cnc(Nc3ccc4c(ccn4CCC4(N)CCC4)c3)nc2n1-c1ccc2c(c1)N(CCC)C(=O)CO2. The first kappa shape index (κ1) is 28.8. The number of benzene rings is 2. The zero-order valence-corrected chi connectivity index (χ0v) is 25.7. The first-order valence-electron chi connectivity index (χ1n) is 15.7. The normalized spacial score (nSPS) is 15.9. The molecule has 1 fully saturated rings. The van der Waals surface area contributed by atoms with Gasteiger partial charge in [-0.05, 0) is 81.5 Å². The molecule has 3 N–H and O–H groups in total. The van der Waals surface area contributed by atoms with Gasteiger partial charge in [-0.3, -0.25) is 9.59 Å². The molecule has 3 aromatic heterocycles. The zero-order valence-electron chi connectivity index (χ0n) is 25.7. The number of carbonyl (C=O) groups excluding carboxylic acids is 1. The standard InChI is InChI=1S/C34H38N8O3/c1-3-5-16-41-32(44)26-21-36-33(37-24-7-9-27-23(19-24)11-17-39(27)18-14-34(35)12-6-13-34)38-31(26)42(41)25-8-10-29-28(20-25)40(15-4-2)30(43)22-45-29/h3,5,7-11,17,19-21H,4,6,12-16,18,22,35H2,1-2H3,(H,36,37,38)/b5-3-. The number of aromatic nitrogens is 5. The minimum absolute atomic E-state index is 0.0119. The molecule has 1 amide bonds. The van der Waals surface area contributed by atoms with E-state index in [4.69, 9.17) is 15.5 Å². The Bertz CT molecular complexity index is 2000. The summed E-state index contributed by atoms with van der Waals surface area (Å²) in [5.74, 6) is 0.919. The number of carbonyl (C=O) groups is 1. The number of nitrogens with one attached hydrogen (secondary N) is 1. The highest BCUT2D eigenvalue weighted by Gasteiger charge is 2.32. The summed E-state index contributed by atoms with van der Waals surface area (Å²) in [4.78, 5) is 37.4. The maximum absolute atomic E-state index is 13.6. The lowest BCUT2D eigenvalue weighted by atomic mass is 9.75. The van der Waals surface area contributed by atoms with E-state index in [0.29, 0.717) is 47.2 Å². The predicted octanol–water partition coefficient (Wildman–Crippen LogP) is 5.26. The first-order chi connectivity index (χ1) is 21.9. The van der Waals surface area contributed by atoms with Crippen molar-refractivity contribution < 1.29 is 9.53 Å². The number of amides is 1. The number of hydrogen-bond acceptors (Lipinski definition) is 7. The average molecular weight is 607 g/mol. The van der Waals surface area contributed by atoms with E-state index in [2.05, 4.69) is 39.3 Å². The third-order valence-corrected chi connectivity index (χ3v) is 8.99. The van der Waals surface area contributed by atoms with E-state index in [1.165, 1.54) is 6.42 Å². The minimum atomic E-state index is -0.200. The molecule has 0 atom stereocenters. The van der Waals surface area contributed by atoms with Crippen molar-refractivity contribution in [3.63, 3.8) is 0 Å². The second-order valence-electron chi connectivity index (χ2n) is 12.1. The number of rotatable bonds is 10. The van der Waals surface area contributed by atoms with Gasteiger partial charge in [0.1, 0.15) is 11.1 Å². The van der Waals surface area contributed by atoms with Gasteiger partial charge in [-0.15, -0.1) is 0 Å². The van der Waals surface area contributed by atoms with Crippen molar-refractivity contribution in [3.05, 3.63) is 77.4 Å². The van der Waals surface area contributed by atoms with Gasteiger partial charge in [-0.1, -0.05) is 19.1 Å². The number of allylic oxidation sites excluding steroid dienone is 2. The summed E-state index contributed by atoms with van der Waals surface area (Å²) < 4.78 is 11.4. The lowest BCUT2D eigenvalue weighted by Crippen LogP contribution is -2.47. The summed E-state index contributed by atoms with van der Waals surface area (Å²) in [6.07, 6.45) is 12.7. The lowest BCUT2D eigenvalue weighted by molar-refractivity contribution is -0.121. The number of anilines is 3. The van der Waals surface area contributed by atoms with Gasteiger partial charge in [-0.25, -0.2) is 14.3 Å². The molecule has 2 aliphatic rings. The lowest BCUT2D eigenvalue weighted by Gasteiger charge is -2.38. The number of ether oxygens (including phenoxy) is 1. The van der Waals surface area contributed by atoms with Crippen LogP contribution in [0.1, 0.15) is 46.0 Å². The van der Waals surface area contributed by atoms with E-state index >= 15 is 0 Å². The quantitative estimate of drug-likeness (QED) is 0.208. The smallest absolute Gasteiger partial charge is 0.278 e. The largest absolute Gasteiger partial charge is 0.482 e. The minimum Gasteiger partial charge on any atom is -0.482 e. The first-order valence-corrected chi connectivity index (χ1v) is 15.7. The van der Waals surface area contributed by atoms with Crippen LogP contribution in [0.3, 0.4) is 0 Å². The molecule has 232 valence electrons. The Hall–Kier alpha value is -4.90. The van der Waals surface area contributed by atoms with Crippen molar-refractivity contribution in [2.75, 3.05) is 23.4 Å². The van der Waals surface area contributed by atoms with Crippen molar-refractivity contribution >= 4 is 45.2 Å². The molecule has 11 heteroatoms. The van der Waals surface area contributed by atoms with Crippen molar-refractivity contribution in [2.24, 2.45) is 5.73 Å². The van der Waals surface area contributed by atoms with Gasteiger partial charge in [0, 0.05) is 47.6 Å². The van der Waals surface area contributed by atoms with Gasteiger partial charge in [0.05, 0.1) is 17.9 Å². The van der Waals surface area contributed by atoms with Gasteiger partial charge in [0.2, 0.25) is 5.95 Å². The van der Waals surface area contributed by atoms with Gasteiger partial charge in [-0.2, -0.15) is 4.98 Å². The summed E-state index contributed by atoms with van der Waals surface area (Å²) >= 11 is 0. The molecular formula is C34H38N8O3. The monoisotopic (exact) mass is 606 g/mol. The molecule has 1 aliphatic heterocycles. The van der Waals surface area contributed by atoms with Crippen LogP contribution >= 0.6 is 0 Å². The third-order valence-electron chi connectivity index (χ3n) is 8.99. The van der Waals surface area contributed by atoms with E-state index in [1.807, 2.05) is 50.3 Å². The molecular weight excluding hydrogens is 568 g/mol. The Labute approximate surface area is 260 Å². The van der Waals surface area contributed by atoms with Crippen LogP contribution in [0, 0.1) is 0 Å². The van der Waals surface area contributed by atoms with Gasteiger partial charge < -0.3 is 25.3 Å². The molecule has 0 spiro atoms. The van der Waals surface area contributed by atoms with Crippen LogP contribution in [0.5, 0.6) is 5.75 Å². The number of nitrogens with zero attached hydrogens (tertiary/aromatic N) is 6. The molecule has 11 nitrogen and oxygen atoms in total. The summed E-state index contributed by atoms with van der Waals surface area (Å²) in [6, 6.07) is 13.9. The molecule has 0 saturated heterocycles. The fraction of sp³-hybridized carbons (Fsp3) is 0.353. The maximum atomic E-state index is 13.6. The zero-order chi connectivity index (χ0) is 31.1. The number of nitrogens with two attached hydrogens (primary N) is 1. The Kier molecular flexibility index (Phi) is 7.40. The van der Waals surface area contributed by atoms with E-state index in [0.717, 1.165) is 48.8 Å². The van der Waals surface area contributed by atoms with Gasteiger partial charge >= 0.3 is 0 Å². The summed E-state index contributed by atoms with van der Waals surface area (Å²) in [5.41, 5.74) is 10.1. The van der Waals surface area contributed by atoms with E-state index in [9.17, 15) is 9.59 Å². The van der Waals surface area contributed by atoms with Gasteiger partial charge in [0.25, 0.3) is 11.5 Å². The number of hydrogen-bond donors (Lipinski definition) is 2. The van der Waals surface area contributed by atoms with Gasteiger partial charge in [0.15, 0.2) is 12.3 Å². The van der Waals surface area contributed by atoms with Crippen molar-refractivity contribution in [3.8, 4) is 11.4 Å². The second kappa shape index (κ2) is 11.6. The van der Waals surface area contributed by atoms with Crippen LogP contribution in [-0.2, 0) is 17.9 Å². The fourth-order valence-corrected chi connectivity index (χ4v) is 6.34. The topological polar surface area (TPSA) is 125 Å². The van der Waals surface area contributed by atoms with Crippen LogP contribution in [-0.4, -0.2) is 48.5 Å². The number of fused-ring (bicyclic) bond motifs is 3. The predicted molar refractivity (Wildman–Crippen MR) is 177 cm³/mol. The molecule has 4 heterocycles. The van der Waals surface area contributed by atoms with E-state index in [1.54, 1.807) is 20.5 Å². The molecule has 1 aliphatic carbocycles. The molecule has 0 bridgehead atoms. The third kappa shape index (κ3) is 5.27. The van der Waals surface area contributed by atoms with Crippen LogP contribution in [0.15, 0.2) is 71.8 Å². The Morgan fingerprint density at radius 2 is 1.98 bits per heavy atom. The fourth-order valence-electron chi connectivity index (χ4n) is 6.34. The molecule has 0 radical (unpaired) electrons. The van der Waals surface area contributed by atoms with Crippen LogP contribution < -0.4 is 26.2 Å². The maximum Gasteiger partial charge on any atom is 0.278 e. The van der Waals surface area contributed by atoms with Crippen molar-refractivity contribution in [2.45, 2.75) is 64.6 Å². The molecule has 1 saturated carbocycles. The van der Waals surface area contributed by atoms with Crippen LogP contribution in [0.4, 0.5) is 17.3 Å². The Morgan fingerprint density at radius 1 is 1.11 bits per heavy atom. The molecule has 45 heavy (non-hydrogen) atoms. The van der Waals surface area contributed by atoms with Crippen molar-refractivity contribution in [1.29, 1.82) is 0 Å². The molecule has 5 aromatic rings.